The molecule has 2 heteroatoms. The molecule has 0 aliphatic carbocycles. The highest BCUT2D eigenvalue weighted by molar-refractivity contribution is 6.09. The smallest absolute Gasteiger partial charge is 0.124 e. The van der Waals surface area contributed by atoms with Gasteiger partial charge in [-0.2, -0.15) is 0 Å². The molecule has 0 saturated heterocycles. The van der Waals surface area contributed by atoms with Crippen LogP contribution in [0.4, 0.5) is 5.69 Å². The van der Waals surface area contributed by atoms with E-state index in [9.17, 15) is 0 Å². The monoisotopic (exact) mass is 671 g/mol. The third-order valence-corrected chi connectivity index (χ3v) is 11.0. The molecule has 0 bridgehead atoms. The normalized spacial score (nSPS) is 14.2. The van der Waals surface area contributed by atoms with Gasteiger partial charge in [0.2, 0.25) is 0 Å². The molecule has 0 spiro atoms. The van der Waals surface area contributed by atoms with E-state index in [2.05, 4.69) is 213 Å². The molecule has 2 nitrogen and oxygen atoms in total. The van der Waals surface area contributed by atoms with Crippen molar-refractivity contribution >= 4 is 27.5 Å². The minimum atomic E-state index is -0.629. The fourth-order valence-corrected chi connectivity index (χ4v) is 8.82. The highest BCUT2D eigenvalue weighted by Crippen LogP contribution is 2.59. The van der Waals surface area contributed by atoms with Crippen molar-refractivity contribution in [2.45, 2.75) is 45.1 Å². The average molecular weight is 672 g/mol. The summed E-state index contributed by atoms with van der Waals surface area (Å²) in [6.07, 6.45) is 0. The Balaban J connectivity index is 1.42. The van der Waals surface area contributed by atoms with Crippen molar-refractivity contribution in [1.29, 1.82) is 0 Å². The summed E-state index contributed by atoms with van der Waals surface area (Å²) < 4.78 is 2.41. The third kappa shape index (κ3) is 4.78. The number of para-hydroxylation sites is 3. The second kappa shape index (κ2) is 12.7. The van der Waals surface area contributed by atoms with Gasteiger partial charge in [-0.15, -0.1) is 0 Å². The fourth-order valence-electron chi connectivity index (χ4n) is 8.82. The summed E-state index contributed by atoms with van der Waals surface area (Å²) in [5.41, 5.74) is 13.2. The zero-order chi connectivity index (χ0) is 35.4. The summed E-state index contributed by atoms with van der Waals surface area (Å²) in [6.45, 7) is 9.35. The van der Waals surface area contributed by atoms with Crippen LogP contribution in [0.3, 0.4) is 0 Å². The van der Waals surface area contributed by atoms with Crippen LogP contribution in [-0.2, 0) is 5.54 Å². The quantitative estimate of drug-likeness (QED) is 0.164. The Hall–Kier alpha value is -5.86. The Morgan fingerprint density at radius 1 is 0.462 bits per heavy atom. The number of hydrogen-bond acceptors (Lipinski definition) is 1. The van der Waals surface area contributed by atoms with Crippen LogP contribution in [0.15, 0.2) is 176 Å². The average Bonchev–Trinajstić information content (AvgIpc) is 3.69. The molecule has 7 aromatic carbocycles. The lowest BCUT2D eigenvalue weighted by atomic mass is 9.76. The van der Waals surface area contributed by atoms with Gasteiger partial charge in [0.15, 0.2) is 0 Å². The summed E-state index contributed by atoms with van der Waals surface area (Å²) in [6, 6.07) is 66.4. The first-order valence-corrected chi connectivity index (χ1v) is 18.6. The van der Waals surface area contributed by atoms with Gasteiger partial charge < -0.3 is 9.47 Å². The molecule has 1 aliphatic heterocycles. The first-order valence-electron chi connectivity index (χ1n) is 18.6. The van der Waals surface area contributed by atoms with Crippen molar-refractivity contribution < 1.29 is 0 Å². The molecule has 1 radical (unpaired) electrons. The molecule has 0 saturated carbocycles. The van der Waals surface area contributed by atoms with Gasteiger partial charge in [0.1, 0.15) is 11.6 Å². The van der Waals surface area contributed by atoms with Crippen molar-refractivity contribution in [1.82, 2.24) is 4.57 Å². The molecule has 1 aliphatic rings. The van der Waals surface area contributed by atoms with E-state index in [1.807, 2.05) is 0 Å². The minimum absolute atomic E-state index is 0.314. The van der Waals surface area contributed by atoms with Gasteiger partial charge >= 0.3 is 0 Å². The topological polar surface area (TPSA) is 8.17 Å². The van der Waals surface area contributed by atoms with Crippen molar-refractivity contribution in [3.05, 3.63) is 221 Å². The van der Waals surface area contributed by atoms with Gasteiger partial charge in [0.05, 0.1) is 11.0 Å². The highest BCUT2D eigenvalue weighted by Gasteiger charge is 2.54. The van der Waals surface area contributed by atoms with Crippen molar-refractivity contribution in [3.8, 4) is 5.69 Å². The zero-order valence-electron chi connectivity index (χ0n) is 30.3. The minimum Gasteiger partial charge on any atom is -0.336 e. The number of rotatable bonds is 7. The number of benzene rings is 7. The van der Waals surface area contributed by atoms with E-state index in [0.717, 1.165) is 0 Å². The molecular weight excluding hydrogens is 629 g/mol. The Labute approximate surface area is 307 Å². The molecule has 253 valence electrons. The summed E-state index contributed by atoms with van der Waals surface area (Å²) in [7, 11) is 0. The summed E-state index contributed by atoms with van der Waals surface area (Å²) in [4.78, 5) is 2.74. The van der Waals surface area contributed by atoms with E-state index in [0.29, 0.717) is 11.8 Å². The van der Waals surface area contributed by atoms with Crippen LogP contribution < -0.4 is 4.90 Å². The maximum Gasteiger partial charge on any atom is 0.124 e. The lowest BCUT2D eigenvalue weighted by Crippen LogP contribution is -2.46. The fraction of sp³-hybridized carbons (Fsp3) is 0.140. The SMILES string of the molecule is CC(C)c1cccc(C(C)C)c1N1[C](c2ccc3c(c2)c2ccccc2n3-c2ccccc2)c2ccccc2C1(c1ccccc1)c1ccccc1. The molecule has 0 atom stereocenters. The molecular formula is C50H43N2. The molecule has 0 amide bonds. The van der Waals surface area contributed by atoms with Gasteiger partial charge in [-0.3, -0.25) is 0 Å². The summed E-state index contributed by atoms with van der Waals surface area (Å²) >= 11 is 0. The lowest BCUT2D eigenvalue weighted by molar-refractivity contribution is 0.613. The van der Waals surface area contributed by atoms with E-state index in [4.69, 9.17) is 0 Å². The first kappa shape index (κ1) is 32.1. The molecule has 2 heterocycles. The number of hydrogen-bond donors (Lipinski definition) is 0. The van der Waals surface area contributed by atoms with E-state index in [-0.39, 0.29) is 0 Å². The molecule has 9 rings (SSSR count). The first-order chi connectivity index (χ1) is 25.5. The van der Waals surface area contributed by atoms with Gasteiger partial charge in [-0.05, 0) is 81.1 Å². The van der Waals surface area contributed by atoms with Gasteiger partial charge in [-0.1, -0.05) is 173 Å². The van der Waals surface area contributed by atoms with E-state index >= 15 is 0 Å². The maximum absolute atomic E-state index is 2.74. The van der Waals surface area contributed by atoms with Crippen LogP contribution in [0, 0.1) is 6.04 Å². The molecule has 52 heavy (non-hydrogen) atoms. The molecule has 0 fully saturated rings. The van der Waals surface area contributed by atoms with Gasteiger partial charge in [0.25, 0.3) is 0 Å². The number of anilines is 1. The molecule has 0 N–H and O–H groups in total. The predicted octanol–water partition coefficient (Wildman–Crippen LogP) is 12.8. The van der Waals surface area contributed by atoms with E-state index in [1.54, 1.807) is 0 Å². The third-order valence-electron chi connectivity index (χ3n) is 11.0. The number of aromatic nitrogens is 1. The Morgan fingerprint density at radius 2 is 1.00 bits per heavy atom. The zero-order valence-corrected chi connectivity index (χ0v) is 30.3. The van der Waals surface area contributed by atoms with Crippen molar-refractivity contribution in [2.75, 3.05) is 4.90 Å². The highest BCUT2D eigenvalue weighted by atomic mass is 15.3. The standard InChI is InChI=1S/C50H43N2/c1-34(2)40-27-18-28-41(35(3)4)49(40)52-48(36-31-32-47-44(33-36)42-25-15-17-30-46(42)51(47)39-23-12-7-13-24-39)43-26-14-16-29-45(43)50(52,37-19-8-5-9-20-37)38-21-10-6-11-22-38/h5-35H,1-4H3. The van der Waals surface area contributed by atoms with Gasteiger partial charge in [-0.25, -0.2) is 0 Å². The number of nitrogens with zero attached hydrogens (tertiary/aromatic N) is 2. The molecule has 8 aromatic rings. The van der Waals surface area contributed by atoms with Crippen LogP contribution in [0.25, 0.3) is 27.5 Å². The summed E-state index contributed by atoms with van der Waals surface area (Å²) in [5, 5.41) is 2.50. The van der Waals surface area contributed by atoms with Gasteiger partial charge in [0, 0.05) is 22.1 Å². The Kier molecular flexibility index (Phi) is 7.85. The van der Waals surface area contributed by atoms with Crippen LogP contribution in [0.5, 0.6) is 0 Å². The van der Waals surface area contributed by atoms with Crippen LogP contribution in [0.1, 0.15) is 78.5 Å². The summed E-state index contributed by atoms with van der Waals surface area (Å²) in [5.74, 6) is 0.628. The van der Waals surface area contributed by atoms with E-state index < -0.39 is 5.54 Å². The molecule has 1 aromatic heterocycles. The van der Waals surface area contributed by atoms with Crippen LogP contribution >= 0.6 is 0 Å². The Morgan fingerprint density at radius 3 is 1.63 bits per heavy atom. The van der Waals surface area contributed by atoms with Crippen molar-refractivity contribution in [3.63, 3.8) is 0 Å². The second-order valence-corrected chi connectivity index (χ2v) is 14.7. The number of fused-ring (bicyclic) bond motifs is 4. The predicted molar refractivity (Wildman–Crippen MR) is 219 cm³/mol. The lowest BCUT2D eigenvalue weighted by Gasteiger charge is -2.46. The maximum atomic E-state index is 2.74. The van der Waals surface area contributed by atoms with Crippen LogP contribution in [0.2, 0.25) is 0 Å². The van der Waals surface area contributed by atoms with Crippen LogP contribution in [-0.4, -0.2) is 4.57 Å². The Bertz CT molecular complexity index is 2460. The van der Waals surface area contributed by atoms with E-state index in [1.165, 1.54) is 78.2 Å². The van der Waals surface area contributed by atoms with Crippen molar-refractivity contribution in [2.24, 2.45) is 0 Å². The largest absolute Gasteiger partial charge is 0.336 e. The second-order valence-electron chi connectivity index (χ2n) is 14.7. The molecule has 0 unspecified atom stereocenters.